The Bertz CT molecular complexity index is 649. The molecule has 114 valence electrons. The van der Waals surface area contributed by atoms with Gasteiger partial charge in [-0.1, -0.05) is 24.1 Å². The van der Waals surface area contributed by atoms with Gasteiger partial charge in [0.15, 0.2) is 0 Å². The van der Waals surface area contributed by atoms with Crippen molar-refractivity contribution in [3.63, 3.8) is 0 Å². The lowest BCUT2D eigenvalue weighted by atomic mass is 9.86. The molecule has 1 aromatic rings. The Labute approximate surface area is 126 Å². The van der Waals surface area contributed by atoms with Crippen LogP contribution in [0.2, 0.25) is 0 Å². The number of aryl methyl sites for hydroxylation is 1. The molecule has 3 atom stereocenters. The number of rotatable bonds is 4. The third-order valence-electron chi connectivity index (χ3n) is 4.95. The Morgan fingerprint density at radius 3 is 2.48 bits per heavy atom. The zero-order valence-electron chi connectivity index (χ0n) is 12.5. The Kier molecular flexibility index (Phi) is 3.78. The molecule has 2 fully saturated rings. The highest BCUT2D eigenvalue weighted by Crippen LogP contribution is 2.48. The van der Waals surface area contributed by atoms with Gasteiger partial charge in [0.2, 0.25) is 0 Å². The van der Waals surface area contributed by atoms with E-state index in [4.69, 9.17) is 0 Å². The van der Waals surface area contributed by atoms with Gasteiger partial charge in [-0.05, 0) is 57.1 Å². The van der Waals surface area contributed by atoms with Gasteiger partial charge >= 0.3 is 0 Å². The molecule has 21 heavy (non-hydrogen) atoms. The molecular weight excluding hydrogens is 284 g/mol. The highest BCUT2D eigenvalue weighted by atomic mass is 32.2. The summed E-state index contributed by atoms with van der Waals surface area (Å²) in [4.78, 5) is 2.65. The average Bonchev–Trinajstić information content (AvgIpc) is 3.08. The first-order valence-electron chi connectivity index (χ1n) is 7.58. The standard InChI is InChI=1S/C16H22N2O2S/c1-11-3-7-15(8-4-11)21(19,20)18-17-12(2)16-10-13-5-6-14(16)9-13/h3-4,7-8,13-14,16,18H,5-6,9-10H2,1-2H3. The maximum absolute atomic E-state index is 12.2. The van der Waals surface area contributed by atoms with Gasteiger partial charge in [0, 0.05) is 11.6 Å². The highest BCUT2D eigenvalue weighted by molar-refractivity contribution is 7.89. The number of hydrogen-bond donors (Lipinski definition) is 1. The predicted octanol–water partition coefficient (Wildman–Crippen LogP) is 3.09. The number of fused-ring (bicyclic) bond motifs is 2. The lowest BCUT2D eigenvalue weighted by Gasteiger charge is -2.21. The van der Waals surface area contributed by atoms with Crippen LogP contribution in [-0.2, 0) is 10.0 Å². The number of hydrazone groups is 1. The van der Waals surface area contributed by atoms with Crippen LogP contribution in [0.25, 0.3) is 0 Å². The van der Waals surface area contributed by atoms with Crippen molar-refractivity contribution in [2.45, 2.75) is 44.4 Å². The summed E-state index contributed by atoms with van der Waals surface area (Å²) < 4.78 is 24.4. The molecule has 0 saturated heterocycles. The lowest BCUT2D eigenvalue weighted by molar-refractivity contribution is 0.413. The summed E-state index contributed by atoms with van der Waals surface area (Å²) in [5.41, 5.74) is 1.97. The van der Waals surface area contributed by atoms with E-state index in [9.17, 15) is 8.42 Å². The summed E-state index contributed by atoms with van der Waals surface area (Å²) in [6, 6.07) is 6.81. The predicted molar refractivity (Wildman–Crippen MR) is 83.5 cm³/mol. The van der Waals surface area contributed by atoms with Crippen molar-refractivity contribution in [2.24, 2.45) is 22.9 Å². The van der Waals surface area contributed by atoms with Crippen LogP contribution in [0.5, 0.6) is 0 Å². The lowest BCUT2D eigenvalue weighted by Crippen LogP contribution is -2.24. The van der Waals surface area contributed by atoms with E-state index in [0.29, 0.717) is 11.8 Å². The molecule has 1 N–H and O–H groups in total. The van der Waals surface area contributed by atoms with Gasteiger partial charge in [-0.2, -0.15) is 13.5 Å². The molecule has 2 aliphatic rings. The smallest absolute Gasteiger partial charge is 0.200 e. The Balaban J connectivity index is 1.71. The quantitative estimate of drug-likeness (QED) is 0.686. The third-order valence-corrected chi connectivity index (χ3v) is 6.17. The van der Waals surface area contributed by atoms with Crippen LogP contribution < -0.4 is 4.83 Å². The van der Waals surface area contributed by atoms with Crippen LogP contribution in [0.15, 0.2) is 34.3 Å². The van der Waals surface area contributed by atoms with Crippen LogP contribution in [0, 0.1) is 24.7 Å². The van der Waals surface area contributed by atoms with E-state index in [0.717, 1.165) is 17.2 Å². The van der Waals surface area contributed by atoms with Crippen LogP contribution in [0.3, 0.4) is 0 Å². The zero-order chi connectivity index (χ0) is 15.0. The van der Waals surface area contributed by atoms with Crippen molar-refractivity contribution < 1.29 is 8.42 Å². The number of benzene rings is 1. The largest absolute Gasteiger partial charge is 0.276 e. The highest BCUT2D eigenvalue weighted by Gasteiger charge is 2.40. The fourth-order valence-electron chi connectivity index (χ4n) is 3.74. The first-order chi connectivity index (χ1) is 9.95. The fraction of sp³-hybridized carbons (Fsp3) is 0.562. The molecule has 5 heteroatoms. The first-order valence-corrected chi connectivity index (χ1v) is 9.06. The second kappa shape index (κ2) is 5.44. The molecule has 3 unspecified atom stereocenters. The van der Waals surface area contributed by atoms with Crippen molar-refractivity contribution in [1.82, 2.24) is 4.83 Å². The van der Waals surface area contributed by atoms with E-state index in [-0.39, 0.29) is 4.90 Å². The van der Waals surface area contributed by atoms with Crippen LogP contribution in [0.4, 0.5) is 0 Å². The molecule has 0 amide bonds. The van der Waals surface area contributed by atoms with Crippen molar-refractivity contribution >= 4 is 15.7 Å². The number of nitrogens with zero attached hydrogens (tertiary/aromatic N) is 1. The Hall–Kier alpha value is -1.36. The topological polar surface area (TPSA) is 58.5 Å². The van der Waals surface area contributed by atoms with Gasteiger partial charge in [-0.3, -0.25) is 0 Å². The summed E-state index contributed by atoms with van der Waals surface area (Å²) in [7, 11) is -3.55. The Morgan fingerprint density at radius 2 is 1.90 bits per heavy atom. The average molecular weight is 306 g/mol. The molecule has 0 spiro atoms. The maximum atomic E-state index is 12.2. The molecule has 2 saturated carbocycles. The second-order valence-electron chi connectivity index (χ2n) is 6.44. The van der Waals surface area contributed by atoms with Crippen molar-refractivity contribution in [3.8, 4) is 0 Å². The van der Waals surface area contributed by atoms with Gasteiger partial charge in [0.05, 0.1) is 4.90 Å². The molecule has 3 rings (SSSR count). The summed E-state index contributed by atoms with van der Waals surface area (Å²) >= 11 is 0. The fourth-order valence-corrected chi connectivity index (χ4v) is 4.61. The zero-order valence-corrected chi connectivity index (χ0v) is 13.4. The maximum Gasteiger partial charge on any atom is 0.276 e. The van der Waals surface area contributed by atoms with Gasteiger partial charge in [-0.25, -0.2) is 4.83 Å². The van der Waals surface area contributed by atoms with Crippen LogP contribution >= 0.6 is 0 Å². The SMILES string of the molecule is CC(=NNS(=O)(=O)c1ccc(C)cc1)C1CC2CCC1C2. The monoisotopic (exact) mass is 306 g/mol. The van der Waals surface area contributed by atoms with E-state index < -0.39 is 10.0 Å². The minimum Gasteiger partial charge on any atom is -0.200 e. The summed E-state index contributed by atoms with van der Waals surface area (Å²) in [5.74, 6) is 2.01. The molecule has 2 bridgehead atoms. The second-order valence-corrected chi connectivity index (χ2v) is 8.10. The Morgan fingerprint density at radius 1 is 1.19 bits per heavy atom. The van der Waals surface area contributed by atoms with E-state index in [2.05, 4.69) is 9.93 Å². The normalized spacial score (nSPS) is 28.9. The number of hydrogen-bond acceptors (Lipinski definition) is 3. The van der Waals surface area contributed by atoms with Crippen LogP contribution in [-0.4, -0.2) is 14.1 Å². The van der Waals surface area contributed by atoms with Crippen molar-refractivity contribution in [2.75, 3.05) is 0 Å². The molecule has 0 aromatic heterocycles. The molecule has 0 heterocycles. The summed E-state index contributed by atoms with van der Waals surface area (Å²) in [6.07, 6.45) is 5.07. The molecule has 0 aliphatic heterocycles. The van der Waals surface area contributed by atoms with E-state index >= 15 is 0 Å². The first kappa shape index (κ1) is 14.6. The van der Waals surface area contributed by atoms with E-state index in [1.807, 2.05) is 13.8 Å². The minimum atomic E-state index is -3.55. The van der Waals surface area contributed by atoms with E-state index in [1.165, 1.54) is 25.7 Å². The van der Waals surface area contributed by atoms with Gasteiger partial charge in [0.25, 0.3) is 10.0 Å². The number of sulfonamides is 1. The van der Waals surface area contributed by atoms with E-state index in [1.54, 1.807) is 24.3 Å². The minimum absolute atomic E-state index is 0.262. The molecular formula is C16H22N2O2S. The summed E-state index contributed by atoms with van der Waals surface area (Å²) in [5, 5.41) is 4.17. The van der Waals surface area contributed by atoms with Gasteiger partial charge in [-0.15, -0.1) is 0 Å². The molecule has 1 aromatic carbocycles. The molecule has 2 aliphatic carbocycles. The van der Waals surface area contributed by atoms with Crippen LogP contribution in [0.1, 0.15) is 38.2 Å². The molecule has 0 radical (unpaired) electrons. The molecule has 4 nitrogen and oxygen atoms in total. The van der Waals surface area contributed by atoms with Gasteiger partial charge < -0.3 is 0 Å². The van der Waals surface area contributed by atoms with Crippen molar-refractivity contribution in [1.29, 1.82) is 0 Å². The summed E-state index contributed by atoms with van der Waals surface area (Å²) in [6.45, 7) is 3.88. The number of nitrogens with one attached hydrogen (secondary N) is 1. The van der Waals surface area contributed by atoms with Gasteiger partial charge in [0.1, 0.15) is 0 Å². The third kappa shape index (κ3) is 2.98. The van der Waals surface area contributed by atoms with Crippen molar-refractivity contribution in [3.05, 3.63) is 29.8 Å².